The van der Waals surface area contributed by atoms with Crippen molar-refractivity contribution in [3.8, 4) is 5.75 Å². The predicted molar refractivity (Wildman–Crippen MR) is 80.1 cm³/mol. The number of piperidine rings is 1. The Morgan fingerprint density at radius 1 is 1.45 bits per heavy atom. The first-order chi connectivity index (χ1) is 9.63. The molecular weight excluding hydrogens is 276 g/mol. The van der Waals surface area contributed by atoms with Crippen molar-refractivity contribution in [1.29, 1.82) is 0 Å². The second kappa shape index (κ2) is 6.95. The Kier molecular flexibility index (Phi) is 5.26. The maximum absolute atomic E-state index is 11.6. The van der Waals surface area contributed by atoms with E-state index in [1.807, 2.05) is 18.2 Å². The first-order valence-electron chi connectivity index (χ1n) is 6.90. The summed E-state index contributed by atoms with van der Waals surface area (Å²) >= 11 is 6.05. The summed E-state index contributed by atoms with van der Waals surface area (Å²) in [7, 11) is 3.37. The Hall–Kier alpha value is -1.26. The van der Waals surface area contributed by atoms with Crippen LogP contribution in [0.2, 0.25) is 5.02 Å². The van der Waals surface area contributed by atoms with E-state index in [0.717, 1.165) is 48.8 Å². The molecule has 0 saturated carbocycles. The number of ether oxygens (including phenoxy) is 1. The summed E-state index contributed by atoms with van der Waals surface area (Å²) in [5, 5.41) is 3.45. The molecule has 5 heteroatoms. The number of nitrogens with one attached hydrogen (secondary N) is 1. The molecule has 20 heavy (non-hydrogen) atoms. The fourth-order valence-electron chi connectivity index (χ4n) is 2.67. The minimum Gasteiger partial charge on any atom is -0.496 e. The topological polar surface area (TPSA) is 41.6 Å². The Morgan fingerprint density at radius 2 is 2.15 bits per heavy atom. The number of carbonyl (C=O) groups excluding carboxylic acids is 1. The molecule has 1 aliphatic rings. The van der Waals surface area contributed by atoms with Crippen molar-refractivity contribution >= 4 is 17.5 Å². The van der Waals surface area contributed by atoms with Crippen LogP contribution in [0.25, 0.3) is 0 Å². The lowest BCUT2D eigenvalue weighted by Gasteiger charge is -2.31. The zero-order chi connectivity index (χ0) is 14.5. The van der Waals surface area contributed by atoms with E-state index in [-0.39, 0.29) is 11.8 Å². The number of benzene rings is 1. The number of amides is 1. The molecule has 1 amide bonds. The minimum absolute atomic E-state index is 0.150. The van der Waals surface area contributed by atoms with Crippen molar-refractivity contribution < 1.29 is 9.53 Å². The number of hydrogen-bond acceptors (Lipinski definition) is 3. The van der Waals surface area contributed by atoms with E-state index in [2.05, 4.69) is 10.2 Å². The van der Waals surface area contributed by atoms with Gasteiger partial charge in [-0.25, -0.2) is 0 Å². The predicted octanol–water partition coefficient (Wildman–Crippen LogP) is 2.31. The van der Waals surface area contributed by atoms with Gasteiger partial charge in [0.2, 0.25) is 5.91 Å². The van der Waals surface area contributed by atoms with Crippen LogP contribution < -0.4 is 10.1 Å². The molecule has 1 saturated heterocycles. The third kappa shape index (κ3) is 3.64. The quantitative estimate of drug-likeness (QED) is 0.927. The molecular formula is C15H21ClN2O2. The first-order valence-corrected chi connectivity index (χ1v) is 7.28. The van der Waals surface area contributed by atoms with Crippen LogP contribution in [0.5, 0.6) is 5.75 Å². The van der Waals surface area contributed by atoms with Crippen LogP contribution in [0.15, 0.2) is 18.2 Å². The van der Waals surface area contributed by atoms with Crippen molar-refractivity contribution in [3.63, 3.8) is 0 Å². The number of nitrogens with zero attached hydrogens (tertiary/aromatic N) is 1. The normalized spacial score (nSPS) is 16.9. The molecule has 110 valence electrons. The minimum atomic E-state index is 0.150. The number of halogens is 1. The lowest BCUT2D eigenvalue weighted by atomic mass is 9.95. The maximum Gasteiger partial charge on any atom is 0.222 e. The van der Waals surface area contributed by atoms with Crippen molar-refractivity contribution in [1.82, 2.24) is 10.2 Å². The van der Waals surface area contributed by atoms with Crippen molar-refractivity contribution in [2.45, 2.75) is 19.4 Å². The van der Waals surface area contributed by atoms with Gasteiger partial charge in [0.15, 0.2) is 0 Å². The second-order valence-electron chi connectivity index (χ2n) is 5.12. The van der Waals surface area contributed by atoms with E-state index in [1.165, 1.54) is 0 Å². The Morgan fingerprint density at radius 3 is 2.75 bits per heavy atom. The molecule has 0 unspecified atom stereocenters. The summed E-state index contributed by atoms with van der Waals surface area (Å²) in [5.74, 6) is 1.17. The molecule has 1 fully saturated rings. The molecule has 1 aromatic carbocycles. The van der Waals surface area contributed by atoms with Gasteiger partial charge in [-0.1, -0.05) is 11.6 Å². The second-order valence-corrected chi connectivity index (χ2v) is 5.56. The highest BCUT2D eigenvalue weighted by atomic mass is 35.5. The van der Waals surface area contributed by atoms with Crippen LogP contribution >= 0.6 is 11.6 Å². The summed E-state index contributed by atoms with van der Waals surface area (Å²) in [6, 6.07) is 5.68. The highest BCUT2D eigenvalue weighted by Gasteiger charge is 2.24. The molecule has 1 aromatic rings. The number of hydrogen-bond donors (Lipinski definition) is 1. The van der Waals surface area contributed by atoms with Crippen LogP contribution in [0, 0.1) is 5.92 Å². The average molecular weight is 297 g/mol. The monoisotopic (exact) mass is 296 g/mol. The van der Waals surface area contributed by atoms with E-state index in [4.69, 9.17) is 16.3 Å². The summed E-state index contributed by atoms with van der Waals surface area (Å²) in [4.78, 5) is 14.0. The molecule has 0 atom stereocenters. The molecule has 4 nitrogen and oxygen atoms in total. The van der Waals surface area contributed by atoms with Gasteiger partial charge in [-0.05, 0) is 44.1 Å². The van der Waals surface area contributed by atoms with Gasteiger partial charge < -0.3 is 10.1 Å². The Bertz CT molecular complexity index is 471. The molecule has 0 bridgehead atoms. The molecule has 1 heterocycles. The van der Waals surface area contributed by atoms with E-state index in [1.54, 1.807) is 14.2 Å². The van der Waals surface area contributed by atoms with E-state index >= 15 is 0 Å². The number of methoxy groups -OCH3 is 1. The summed E-state index contributed by atoms with van der Waals surface area (Å²) in [6.07, 6.45) is 1.81. The third-order valence-electron chi connectivity index (χ3n) is 3.84. The highest BCUT2D eigenvalue weighted by Crippen LogP contribution is 2.26. The largest absolute Gasteiger partial charge is 0.496 e. The summed E-state index contributed by atoms with van der Waals surface area (Å²) < 4.78 is 5.37. The van der Waals surface area contributed by atoms with E-state index in [0.29, 0.717) is 0 Å². The standard InChI is InChI=1S/C15H21ClN2O2/c1-17-15(19)11-5-7-18(8-6-11)10-12-9-13(16)3-4-14(12)20-2/h3-4,9,11H,5-8,10H2,1-2H3,(H,17,19). The fraction of sp³-hybridized carbons (Fsp3) is 0.533. The van der Waals surface area contributed by atoms with Gasteiger partial charge in [-0.2, -0.15) is 0 Å². The summed E-state index contributed by atoms with van der Waals surface area (Å²) in [6.45, 7) is 2.66. The van der Waals surface area contributed by atoms with Gasteiger partial charge >= 0.3 is 0 Å². The van der Waals surface area contributed by atoms with Crippen LogP contribution in [0.4, 0.5) is 0 Å². The van der Waals surface area contributed by atoms with Crippen molar-refractivity contribution in [3.05, 3.63) is 28.8 Å². The summed E-state index contributed by atoms with van der Waals surface area (Å²) in [5.41, 5.74) is 1.10. The van der Waals surface area contributed by atoms with E-state index in [9.17, 15) is 4.79 Å². The van der Waals surface area contributed by atoms with Crippen molar-refractivity contribution in [2.75, 3.05) is 27.2 Å². The third-order valence-corrected chi connectivity index (χ3v) is 4.08. The van der Waals surface area contributed by atoms with Crippen LogP contribution in [0.1, 0.15) is 18.4 Å². The molecule has 1 aliphatic heterocycles. The Balaban J connectivity index is 1.96. The lowest BCUT2D eigenvalue weighted by Crippen LogP contribution is -2.39. The van der Waals surface area contributed by atoms with Gasteiger partial charge in [0.1, 0.15) is 5.75 Å². The SMILES string of the molecule is CNC(=O)C1CCN(Cc2cc(Cl)ccc2OC)CC1. The van der Waals surface area contributed by atoms with Crippen LogP contribution in [-0.4, -0.2) is 38.1 Å². The molecule has 0 radical (unpaired) electrons. The lowest BCUT2D eigenvalue weighted by molar-refractivity contribution is -0.125. The average Bonchev–Trinajstić information content (AvgIpc) is 2.47. The maximum atomic E-state index is 11.6. The molecule has 0 aromatic heterocycles. The van der Waals surface area contributed by atoms with Gasteiger partial charge in [0.05, 0.1) is 7.11 Å². The molecule has 0 spiro atoms. The highest BCUT2D eigenvalue weighted by molar-refractivity contribution is 6.30. The van der Waals surface area contributed by atoms with Gasteiger partial charge in [-0.15, -0.1) is 0 Å². The first kappa shape index (κ1) is 15.1. The molecule has 0 aliphatic carbocycles. The Labute approximate surface area is 125 Å². The number of carbonyl (C=O) groups is 1. The zero-order valence-electron chi connectivity index (χ0n) is 12.0. The van der Waals surface area contributed by atoms with Gasteiger partial charge in [-0.3, -0.25) is 9.69 Å². The number of likely N-dealkylation sites (tertiary alicyclic amines) is 1. The fourth-order valence-corrected chi connectivity index (χ4v) is 2.86. The van der Waals surface area contributed by atoms with E-state index < -0.39 is 0 Å². The smallest absolute Gasteiger partial charge is 0.222 e. The van der Waals surface area contributed by atoms with Crippen LogP contribution in [0.3, 0.4) is 0 Å². The zero-order valence-corrected chi connectivity index (χ0v) is 12.7. The number of rotatable bonds is 4. The van der Waals surface area contributed by atoms with Gasteiger partial charge in [0.25, 0.3) is 0 Å². The van der Waals surface area contributed by atoms with Crippen molar-refractivity contribution in [2.24, 2.45) is 5.92 Å². The molecule has 2 rings (SSSR count). The van der Waals surface area contributed by atoms with Gasteiger partial charge in [0, 0.05) is 30.1 Å². The molecule has 1 N–H and O–H groups in total. The van der Waals surface area contributed by atoms with Crippen LogP contribution in [-0.2, 0) is 11.3 Å².